The summed E-state index contributed by atoms with van der Waals surface area (Å²) in [6, 6.07) is 6.23. The topological polar surface area (TPSA) is 79.8 Å². The lowest BCUT2D eigenvalue weighted by Gasteiger charge is -2.47. The molecule has 230 valence electrons. The van der Waals surface area contributed by atoms with Gasteiger partial charge in [0.25, 0.3) is 14.4 Å². The molecule has 0 radical (unpaired) electrons. The molecule has 1 aromatic carbocycles. The van der Waals surface area contributed by atoms with Gasteiger partial charge in [-0.05, 0) is 91.3 Å². The van der Waals surface area contributed by atoms with E-state index >= 15 is 0 Å². The average Bonchev–Trinajstić information content (AvgIpc) is 2.91. The summed E-state index contributed by atoms with van der Waals surface area (Å²) < 4.78 is 20.5. The first-order valence-corrected chi connectivity index (χ1v) is 16.4. The van der Waals surface area contributed by atoms with Gasteiger partial charge >= 0.3 is 5.63 Å². The zero-order valence-electron chi connectivity index (χ0n) is 26.5. The highest BCUT2D eigenvalue weighted by Crippen LogP contribution is 2.48. The Morgan fingerprint density at radius 3 is 2.45 bits per heavy atom. The van der Waals surface area contributed by atoms with Crippen LogP contribution in [0.3, 0.4) is 0 Å². The molecule has 3 heterocycles. The maximum atomic E-state index is 13.6. The van der Waals surface area contributed by atoms with Crippen molar-refractivity contribution >= 4 is 31.1 Å². The quantitative estimate of drug-likeness (QED) is 0.129. The van der Waals surface area contributed by atoms with Gasteiger partial charge < -0.3 is 28.1 Å². The molecule has 1 saturated heterocycles. The van der Waals surface area contributed by atoms with Crippen molar-refractivity contribution in [3.05, 3.63) is 51.2 Å². The highest BCUT2D eigenvalue weighted by atomic mass is 31.2. The molecule has 0 spiro atoms. The fourth-order valence-corrected chi connectivity index (χ4v) is 8.36. The van der Waals surface area contributed by atoms with Crippen LogP contribution >= 0.6 is 8.53 Å². The van der Waals surface area contributed by atoms with E-state index in [0.29, 0.717) is 50.6 Å². The van der Waals surface area contributed by atoms with Gasteiger partial charge in [0.1, 0.15) is 17.8 Å². The first-order valence-electron chi connectivity index (χ1n) is 15.3. The summed E-state index contributed by atoms with van der Waals surface area (Å²) in [4.78, 5) is 34.1. The molecule has 0 N–H and O–H groups in total. The molecule has 2 unspecified atom stereocenters. The van der Waals surface area contributed by atoms with E-state index < -0.39 is 14.2 Å². The monoisotopic (exact) mass is 598 g/mol. The number of amides is 1. The standard InChI is InChI=1S/C32H47N4O5P/c1-10-35-28-19-29-24(17-26(28)23(6)20-32(35,7)8)18-27(31(38)40-29)30(37)34-14-11-25(12-15-34)41-42(39-16-13-33-9)36(21(2)3)22(4)5/h17-19,21-23,25H,10-16,20H2,1-8H3. The van der Waals surface area contributed by atoms with Gasteiger partial charge in [0.2, 0.25) is 6.54 Å². The number of hydrogen-bond acceptors (Lipinski definition) is 7. The van der Waals surface area contributed by atoms with Gasteiger partial charge in [0.15, 0.2) is 0 Å². The summed E-state index contributed by atoms with van der Waals surface area (Å²) in [5, 5.41) is 0.780. The molecule has 10 heteroatoms. The smallest absolute Gasteiger partial charge is 0.349 e. The molecule has 2 aliphatic rings. The third-order valence-corrected chi connectivity index (χ3v) is 10.6. The third kappa shape index (κ3) is 6.83. The van der Waals surface area contributed by atoms with Crippen LogP contribution in [0.25, 0.3) is 15.8 Å². The van der Waals surface area contributed by atoms with Crippen LogP contribution < -0.4 is 10.5 Å². The summed E-state index contributed by atoms with van der Waals surface area (Å²) in [6.45, 7) is 26.9. The molecule has 4 rings (SSSR count). The predicted octanol–water partition coefficient (Wildman–Crippen LogP) is 6.81. The van der Waals surface area contributed by atoms with E-state index in [0.717, 1.165) is 24.0 Å². The Labute approximate surface area is 251 Å². The zero-order valence-corrected chi connectivity index (χ0v) is 27.4. The molecule has 1 fully saturated rings. The molecule has 2 aliphatic heterocycles. The summed E-state index contributed by atoms with van der Waals surface area (Å²) in [5.74, 6) is 0.0539. The van der Waals surface area contributed by atoms with Crippen molar-refractivity contribution in [3.63, 3.8) is 0 Å². The van der Waals surface area contributed by atoms with E-state index in [1.54, 1.807) is 11.0 Å². The van der Waals surface area contributed by atoms with Gasteiger partial charge in [-0.2, -0.15) is 0 Å². The number of nitrogens with zero attached hydrogens (tertiary/aromatic N) is 4. The Balaban J connectivity index is 1.49. The Morgan fingerprint density at radius 2 is 1.86 bits per heavy atom. The molecule has 2 atom stereocenters. The lowest BCUT2D eigenvalue weighted by Crippen LogP contribution is -2.48. The van der Waals surface area contributed by atoms with E-state index in [2.05, 4.69) is 75.9 Å². The van der Waals surface area contributed by atoms with Crippen molar-refractivity contribution in [2.45, 2.75) is 104 Å². The molecule has 1 amide bonds. The van der Waals surface area contributed by atoms with Gasteiger partial charge in [-0.25, -0.2) is 16.0 Å². The lowest BCUT2D eigenvalue weighted by molar-refractivity contribution is 0.0542. The Kier molecular flexibility index (Phi) is 10.4. The second-order valence-electron chi connectivity index (χ2n) is 12.7. The highest BCUT2D eigenvalue weighted by molar-refractivity contribution is 7.44. The van der Waals surface area contributed by atoms with Crippen LogP contribution in [-0.4, -0.2) is 72.0 Å². The van der Waals surface area contributed by atoms with Gasteiger partial charge in [0, 0.05) is 54.4 Å². The molecule has 0 saturated carbocycles. The summed E-state index contributed by atoms with van der Waals surface area (Å²) in [6.07, 6.45) is 2.25. The molecule has 2 aromatic rings. The molecular weight excluding hydrogens is 551 g/mol. The summed E-state index contributed by atoms with van der Waals surface area (Å²) in [7, 11) is -1.34. The van der Waals surface area contributed by atoms with Crippen molar-refractivity contribution in [2.24, 2.45) is 0 Å². The largest absolute Gasteiger partial charge is 0.422 e. The van der Waals surface area contributed by atoms with E-state index in [1.807, 2.05) is 6.07 Å². The van der Waals surface area contributed by atoms with Crippen LogP contribution in [0.4, 0.5) is 5.69 Å². The number of fused-ring (bicyclic) bond motifs is 2. The number of carbonyl (C=O) groups excluding carboxylic acids is 1. The minimum atomic E-state index is -1.34. The lowest BCUT2D eigenvalue weighted by atomic mass is 9.79. The fourth-order valence-electron chi connectivity index (χ4n) is 6.60. The van der Waals surface area contributed by atoms with Crippen molar-refractivity contribution in [3.8, 4) is 0 Å². The van der Waals surface area contributed by atoms with Crippen LogP contribution in [0.5, 0.6) is 0 Å². The normalized spacial score (nSPS) is 19.9. The van der Waals surface area contributed by atoms with Crippen LogP contribution in [0.1, 0.15) is 96.5 Å². The van der Waals surface area contributed by atoms with Crippen molar-refractivity contribution in [1.29, 1.82) is 0 Å². The maximum absolute atomic E-state index is 13.6. The zero-order chi connectivity index (χ0) is 30.8. The van der Waals surface area contributed by atoms with Gasteiger partial charge in [0.05, 0.1) is 6.10 Å². The van der Waals surface area contributed by atoms with E-state index in [-0.39, 0.29) is 35.2 Å². The number of hydrogen-bond donors (Lipinski definition) is 0. The van der Waals surface area contributed by atoms with E-state index in [9.17, 15) is 9.59 Å². The number of benzene rings is 1. The van der Waals surface area contributed by atoms with Crippen molar-refractivity contribution < 1.29 is 18.3 Å². The molecule has 1 aromatic heterocycles. The molecule has 0 bridgehead atoms. The molecule has 9 nitrogen and oxygen atoms in total. The molecular formula is C32H47N4O5P. The molecule has 42 heavy (non-hydrogen) atoms. The minimum Gasteiger partial charge on any atom is -0.422 e. The van der Waals surface area contributed by atoms with Crippen LogP contribution in [0.2, 0.25) is 0 Å². The Bertz CT molecular complexity index is 1350. The Hall–Kier alpha value is -2.50. The number of anilines is 1. The second-order valence-corrected chi connectivity index (χ2v) is 14.1. The van der Waals surface area contributed by atoms with Crippen LogP contribution in [0, 0.1) is 6.57 Å². The van der Waals surface area contributed by atoms with E-state index in [1.165, 1.54) is 5.56 Å². The van der Waals surface area contributed by atoms with Crippen molar-refractivity contribution in [2.75, 3.05) is 37.7 Å². The number of rotatable bonds is 10. The highest BCUT2D eigenvalue weighted by Gasteiger charge is 2.37. The summed E-state index contributed by atoms with van der Waals surface area (Å²) >= 11 is 0. The van der Waals surface area contributed by atoms with Gasteiger partial charge in [-0.1, -0.05) is 6.92 Å². The Morgan fingerprint density at radius 1 is 1.19 bits per heavy atom. The van der Waals surface area contributed by atoms with Crippen LogP contribution in [0.15, 0.2) is 27.4 Å². The second kappa shape index (κ2) is 13.4. The maximum Gasteiger partial charge on any atom is 0.349 e. The third-order valence-electron chi connectivity index (χ3n) is 8.41. The average molecular weight is 599 g/mol. The van der Waals surface area contributed by atoms with Gasteiger partial charge in [-0.3, -0.25) is 4.79 Å². The first-order chi connectivity index (χ1) is 19.9. The predicted molar refractivity (Wildman–Crippen MR) is 169 cm³/mol. The van der Waals surface area contributed by atoms with Crippen LogP contribution in [-0.2, 0) is 9.05 Å². The number of piperidine rings is 1. The SMILES string of the molecule is [C-]#[N+]CCOP(OC1CCN(C(=O)c2cc3cc4c(cc3oc2=O)N(CC)C(C)(C)CC4C)CC1)N(C(C)C)C(C)C. The fraction of sp³-hybridized carbons (Fsp3) is 0.656. The first kappa shape index (κ1) is 32.4. The summed E-state index contributed by atoms with van der Waals surface area (Å²) in [5.41, 5.74) is 2.32. The van der Waals surface area contributed by atoms with Crippen molar-refractivity contribution in [1.82, 2.24) is 9.57 Å². The molecule has 0 aliphatic carbocycles. The number of carbonyl (C=O) groups is 1. The van der Waals surface area contributed by atoms with Gasteiger partial charge in [-0.15, -0.1) is 0 Å². The van der Waals surface area contributed by atoms with E-state index in [4.69, 9.17) is 20.0 Å². The number of likely N-dealkylation sites (tertiary alicyclic amines) is 1. The minimum absolute atomic E-state index is 0.00774.